The zero-order chi connectivity index (χ0) is 12.6. The quantitative estimate of drug-likeness (QED) is 0.332. The van der Waals surface area contributed by atoms with Crippen LogP contribution in [0.25, 0.3) is 0 Å². The maximum Gasteiger partial charge on any atom is 0.0554 e. The van der Waals surface area contributed by atoms with Crippen molar-refractivity contribution in [3.63, 3.8) is 0 Å². The first kappa shape index (κ1) is 17.3. The van der Waals surface area contributed by atoms with E-state index in [1.165, 1.54) is 70.6 Å². The zero-order valence-corrected chi connectivity index (χ0v) is 12.6. The van der Waals surface area contributed by atoms with Crippen molar-refractivity contribution in [3.8, 4) is 0 Å². The van der Waals surface area contributed by atoms with Gasteiger partial charge in [-0.05, 0) is 6.42 Å². The monoisotopic (exact) mass is 260 g/mol. The minimum atomic E-state index is 0.806. The Bertz CT molecular complexity index is 114. The molecule has 0 aliphatic heterocycles. The van der Waals surface area contributed by atoms with Crippen LogP contribution in [0.15, 0.2) is 0 Å². The van der Waals surface area contributed by atoms with E-state index in [0.29, 0.717) is 0 Å². The molecule has 0 aromatic carbocycles. The molecule has 0 aliphatic carbocycles. The van der Waals surface area contributed by atoms with E-state index in [9.17, 15) is 0 Å². The molecular weight excluding hydrogens is 228 g/mol. The first-order valence-electron chi connectivity index (χ1n) is 7.60. The van der Waals surface area contributed by atoms with E-state index in [1.807, 2.05) is 0 Å². The van der Waals surface area contributed by atoms with Gasteiger partial charge in [0.1, 0.15) is 0 Å². The molecule has 0 aromatic heterocycles. The Kier molecular flexibility index (Phi) is 16.6. The molecular formula is C15H32OS. The Labute approximate surface area is 114 Å². The second kappa shape index (κ2) is 16.3. The summed E-state index contributed by atoms with van der Waals surface area (Å²) in [7, 11) is 0. The number of hydrogen-bond acceptors (Lipinski definition) is 2. The van der Waals surface area contributed by atoms with Gasteiger partial charge in [0, 0.05) is 12.4 Å². The SMILES string of the molecule is CCCCCCCCCCCCCOCCS. The van der Waals surface area contributed by atoms with E-state index >= 15 is 0 Å². The summed E-state index contributed by atoms with van der Waals surface area (Å²) in [5.74, 6) is 0.845. The molecule has 0 saturated heterocycles. The molecule has 0 radical (unpaired) electrons. The molecule has 17 heavy (non-hydrogen) atoms. The third-order valence-corrected chi connectivity index (χ3v) is 3.31. The Morgan fingerprint density at radius 2 is 1.12 bits per heavy atom. The third-order valence-electron chi connectivity index (χ3n) is 3.13. The number of unbranched alkanes of at least 4 members (excludes halogenated alkanes) is 10. The summed E-state index contributed by atoms with van der Waals surface area (Å²) in [4.78, 5) is 0. The first-order valence-corrected chi connectivity index (χ1v) is 8.23. The highest BCUT2D eigenvalue weighted by Crippen LogP contribution is 2.11. The smallest absolute Gasteiger partial charge is 0.0554 e. The topological polar surface area (TPSA) is 9.23 Å². The van der Waals surface area contributed by atoms with Gasteiger partial charge < -0.3 is 4.74 Å². The standard InChI is InChI=1S/C15H32OS/c1-2-3-4-5-6-7-8-9-10-11-12-13-16-14-15-17/h17H,2-15H2,1H3. The fraction of sp³-hybridized carbons (Fsp3) is 1.00. The summed E-state index contributed by atoms with van der Waals surface area (Å²) >= 11 is 4.11. The molecule has 0 N–H and O–H groups in total. The third kappa shape index (κ3) is 16.3. The highest BCUT2D eigenvalue weighted by molar-refractivity contribution is 7.80. The summed E-state index contributed by atoms with van der Waals surface area (Å²) in [5.41, 5.74) is 0. The molecule has 1 nitrogen and oxygen atoms in total. The van der Waals surface area contributed by atoms with Crippen molar-refractivity contribution in [2.75, 3.05) is 19.0 Å². The van der Waals surface area contributed by atoms with E-state index in [2.05, 4.69) is 19.6 Å². The molecule has 0 aliphatic rings. The van der Waals surface area contributed by atoms with Gasteiger partial charge in [0.15, 0.2) is 0 Å². The lowest BCUT2D eigenvalue weighted by atomic mass is 10.1. The number of rotatable bonds is 14. The van der Waals surface area contributed by atoms with Crippen LogP contribution in [0.3, 0.4) is 0 Å². The summed E-state index contributed by atoms with van der Waals surface area (Å²) in [6.45, 7) is 4.01. The minimum absolute atomic E-state index is 0.806. The first-order chi connectivity index (χ1) is 8.41. The lowest BCUT2D eigenvalue weighted by Crippen LogP contribution is -1.97. The van der Waals surface area contributed by atoms with Crippen LogP contribution in [0.5, 0.6) is 0 Å². The molecule has 104 valence electrons. The van der Waals surface area contributed by atoms with Crippen LogP contribution in [-0.4, -0.2) is 19.0 Å². The normalized spacial score (nSPS) is 10.9. The molecule has 0 spiro atoms. The zero-order valence-electron chi connectivity index (χ0n) is 11.8. The lowest BCUT2D eigenvalue weighted by molar-refractivity contribution is 0.145. The van der Waals surface area contributed by atoms with Gasteiger partial charge in [-0.2, -0.15) is 12.6 Å². The van der Waals surface area contributed by atoms with Gasteiger partial charge in [0.05, 0.1) is 6.61 Å². The minimum Gasteiger partial charge on any atom is -0.381 e. The molecule has 0 aromatic rings. The number of ether oxygens (including phenoxy) is 1. The molecule has 0 heterocycles. The van der Waals surface area contributed by atoms with Crippen LogP contribution in [0.4, 0.5) is 0 Å². The molecule has 2 heteroatoms. The molecule has 0 saturated carbocycles. The molecule has 0 atom stereocenters. The van der Waals surface area contributed by atoms with Crippen LogP contribution < -0.4 is 0 Å². The van der Waals surface area contributed by atoms with Crippen molar-refractivity contribution in [3.05, 3.63) is 0 Å². The summed E-state index contributed by atoms with van der Waals surface area (Å²) < 4.78 is 5.39. The van der Waals surface area contributed by atoms with Crippen molar-refractivity contribution < 1.29 is 4.74 Å². The average Bonchev–Trinajstić information content (AvgIpc) is 2.35. The van der Waals surface area contributed by atoms with Gasteiger partial charge in [0.25, 0.3) is 0 Å². The van der Waals surface area contributed by atoms with Crippen molar-refractivity contribution in [2.24, 2.45) is 0 Å². The van der Waals surface area contributed by atoms with E-state index < -0.39 is 0 Å². The van der Waals surface area contributed by atoms with E-state index in [-0.39, 0.29) is 0 Å². The van der Waals surface area contributed by atoms with Gasteiger partial charge in [0.2, 0.25) is 0 Å². The molecule has 0 fully saturated rings. The maximum atomic E-state index is 5.39. The Morgan fingerprint density at radius 3 is 1.59 bits per heavy atom. The summed E-state index contributed by atoms with van der Waals surface area (Å²) in [6.07, 6.45) is 15.4. The van der Waals surface area contributed by atoms with Crippen molar-refractivity contribution in [1.29, 1.82) is 0 Å². The van der Waals surface area contributed by atoms with E-state index in [4.69, 9.17) is 4.74 Å². The fourth-order valence-electron chi connectivity index (χ4n) is 2.03. The number of hydrogen-bond donors (Lipinski definition) is 1. The second-order valence-corrected chi connectivity index (χ2v) is 5.32. The van der Waals surface area contributed by atoms with Gasteiger partial charge >= 0.3 is 0 Å². The highest BCUT2D eigenvalue weighted by Gasteiger charge is 1.93. The number of thiol groups is 1. The van der Waals surface area contributed by atoms with E-state index in [1.54, 1.807) is 0 Å². The highest BCUT2D eigenvalue weighted by atomic mass is 32.1. The van der Waals surface area contributed by atoms with Crippen molar-refractivity contribution in [2.45, 2.75) is 77.6 Å². The van der Waals surface area contributed by atoms with Crippen LogP contribution in [0.1, 0.15) is 77.6 Å². The van der Waals surface area contributed by atoms with Gasteiger partial charge in [-0.3, -0.25) is 0 Å². The Hall–Kier alpha value is 0.310. The van der Waals surface area contributed by atoms with E-state index in [0.717, 1.165) is 19.0 Å². The second-order valence-electron chi connectivity index (χ2n) is 4.87. The van der Waals surface area contributed by atoms with Crippen LogP contribution in [-0.2, 0) is 4.74 Å². The maximum absolute atomic E-state index is 5.39. The predicted molar refractivity (Wildman–Crippen MR) is 81.1 cm³/mol. The van der Waals surface area contributed by atoms with Gasteiger partial charge in [-0.1, -0.05) is 71.1 Å². The molecule has 0 rings (SSSR count). The van der Waals surface area contributed by atoms with Crippen LogP contribution in [0, 0.1) is 0 Å². The summed E-state index contributed by atoms with van der Waals surface area (Å²) in [5, 5.41) is 0. The van der Waals surface area contributed by atoms with Crippen molar-refractivity contribution in [1.82, 2.24) is 0 Å². The van der Waals surface area contributed by atoms with Gasteiger partial charge in [-0.15, -0.1) is 0 Å². The largest absolute Gasteiger partial charge is 0.381 e. The van der Waals surface area contributed by atoms with Crippen LogP contribution in [0.2, 0.25) is 0 Å². The Balaban J connectivity index is 2.85. The summed E-state index contributed by atoms with van der Waals surface area (Å²) in [6, 6.07) is 0. The molecule has 0 bridgehead atoms. The lowest BCUT2D eigenvalue weighted by Gasteiger charge is -2.03. The fourth-order valence-corrected chi connectivity index (χ4v) is 2.16. The average molecular weight is 260 g/mol. The molecule has 0 amide bonds. The predicted octanol–water partition coefficient (Wildman–Crippen LogP) is 5.24. The Morgan fingerprint density at radius 1 is 0.647 bits per heavy atom. The van der Waals surface area contributed by atoms with Crippen molar-refractivity contribution >= 4 is 12.6 Å². The van der Waals surface area contributed by atoms with Gasteiger partial charge in [-0.25, -0.2) is 0 Å². The molecule has 0 unspecified atom stereocenters. The van der Waals surface area contributed by atoms with Crippen LogP contribution >= 0.6 is 12.6 Å².